The molecule has 136 valence electrons. The zero-order valence-corrected chi connectivity index (χ0v) is 14.5. The summed E-state index contributed by atoms with van der Waals surface area (Å²) in [6.07, 6.45) is -2.87. The quantitative estimate of drug-likeness (QED) is 0.415. The monoisotopic (exact) mass is 383 g/mol. The third kappa shape index (κ3) is 3.55. The lowest BCUT2D eigenvalue weighted by molar-refractivity contribution is -0.156. The van der Waals surface area contributed by atoms with Crippen molar-refractivity contribution in [3.63, 3.8) is 0 Å². The van der Waals surface area contributed by atoms with E-state index in [1.165, 1.54) is 31.0 Å². The van der Waals surface area contributed by atoms with E-state index in [2.05, 4.69) is 4.98 Å². The number of benzene rings is 2. The number of rotatable bonds is 4. The topological polar surface area (TPSA) is 35.3 Å². The van der Waals surface area contributed by atoms with Gasteiger partial charge in [0.2, 0.25) is 0 Å². The van der Waals surface area contributed by atoms with Gasteiger partial charge in [0.1, 0.15) is 5.69 Å². The fourth-order valence-electron chi connectivity index (χ4n) is 2.39. The Morgan fingerprint density at radius 3 is 2.23 bits per heavy atom. The van der Waals surface area contributed by atoms with Crippen LogP contribution in [-0.2, 0) is 6.18 Å². The van der Waals surface area contributed by atoms with Gasteiger partial charge < -0.3 is 9.15 Å². The molecular weight excluding hydrogens is 370 g/mol. The molecule has 0 atom stereocenters. The highest BCUT2D eigenvalue weighted by atomic mass is 32.2. The summed E-state index contributed by atoms with van der Waals surface area (Å²) >= 11 is 1.50. The highest BCUT2D eigenvalue weighted by Crippen LogP contribution is 2.39. The van der Waals surface area contributed by atoms with Gasteiger partial charge in [-0.05, 0) is 36.6 Å². The molecule has 0 N–H and O–H groups in total. The number of nitrogens with zero attached hydrogens (tertiary/aromatic N) is 1. The zero-order chi connectivity index (χ0) is 18.9. The van der Waals surface area contributed by atoms with Crippen LogP contribution in [-0.4, -0.2) is 18.3 Å². The summed E-state index contributed by atoms with van der Waals surface area (Å²) in [5.74, 6) is -2.27. The molecule has 0 fully saturated rings. The molecule has 0 unspecified atom stereocenters. The summed E-state index contributed by atoms with van der Waals surface area (Å²) in [5, 5.41) is 0. The largest absolute Gasteiger partial charge is 0.494 e. The van der Waals surface area contributed by atoms with Gasteiger partial charge in [-0.1, -0.05) is 12.1 Å². The minimum absolute atomic E-state index is 0.00505. The molecule has 3 aromatic rings. The van der Waals surface area contributed by atoms with Crippen LogP contribution < -0.4 is 4.74 Å². The van der Waals surface area contributed by atoms with Crippen molar-refractivity contribution >= 4 is 11.8 Å². The minimum Gasteiger partial charge on any atom is -0.494 e. The molecule has 0 aliphatic rings. The van der Waals surface area contributed by atoms with Crippen LogP contribution in [0.4, 0.5) is 17.6 Å². The fourth-order valence-corrected chi connectivity index (χ4v) is 2.80. The zero-order valence-electron chi connectivity index (χ0n) is 13.7. The molecule has 2 aromatic carbocycles. The molecule has 3 nitrogen and oxygen atoms in total. The summed E-state index contributed by atoms with van der Waals surface area (Å²) in [6, 6.07) is 10.6. The van der Waals surface area contributed by atoms with Crippen molar-refractivity contribution in [2.75, 3.05) is 13.4 Å². The molecule has 1 aromatic heterocycles. The van der Waals surface area contributed by atoms with Crippen molar-refractivity contribution in [1.29, 1.82) is 0 Å². The summed E-state index contributed by atoms with van der Waals surface area (Å²) in [5.41, 5.74) is 0.568. The lowest BCUT2D eigenvalue weighted by Crippen LogP contribution is -2.04. The molecule has 0 saturated carbocycles. The molecular formula is C18H13F4NO2S. The normalized spacial score (nSPS) is 11.6. The molecule has 0 aliphatic carbocycles. The molecule has 0 aliphatic heterocycles. The number of alkyl halides is 3. The van der Waals surface area contributed by atoms with E-state index in [1.54, 1.807) is 24.3 Å². The summed E-state index contributed by atoms with van der Waals surface area (Å²) in [7, 11) is 1.30. The van der Waals surface area contributed by atoms with E-state index in [0.29, 0.717) is 5.56 Å². The number of methoxy groups -OCH3 is 1. The van der Waals surface area contributed by atoms with Crippen LogP contribution in [0.25, 0.3) is 22.6 Å². The Morgan fingerprint density at radius 1 is 1.04 bits per heavy atom. The summed E-state index contributed by atoms with van der Waals surface area (Å²) in [4.78, 5) is 4.55. The van der Waals surface area contributed by atoms with Gasteiger partial charge in [-0.25, -0.2) is 9.37 Å². The fraction of sp³-hybridized carbons (Fsp3) is 0.167. The van der Waals surface area contributed by atoms with E-state index in [0.717, 1.165) is 11.0 Å². The predicted molar refractivity (Wildman–Crippen MR) is 90.7 cm³/mol. The molecule has 0 saturated heterocycles. The van der Waals surface area contributed by atoms with E-state index in [1.807, 2.05) is 6.26 Å². The van der Waals surface area contributed by atoms with Gasteiger partial charge in [0.05, 0.1) is 7.11 Å². The Balaban J connectivity index is 2.16. The minimum atomic E-state index is -4.75. The lowest BCUT2D eigenvalue weighted by Gasteiger charge is -2.05. The second-order valence-electron chi connectivity index (χ2n) is 5.27. The average molecular weight is 383 g/mol. The van der Waals surface area contributed by atoms with Crippen molar-refractivity contribution < 1.29 is 26.7 Å². The predicted octanol–water partition coefficient (Wildman–Crippen LogP) is 5.90. The van der Waals surface area contributed by atoms with Crippen LogP contribution in [0.2, 0.25) is 0 Å². The van der Waals surface area contributed by atoms with Crippen LogP contribution in [0.1, 0.15) is 5.89 Å². The van der Waals surface area contributed by atoms with Crippen LogP contribution in [0.3, 0.4) is 0 Å². The van der Waals surface area contributed by atoms with Crippen molar-refractivity contribution in [3.8, 4) is 28.3 Å². The number of oxazole rings is 1. The Bertz CT molecular complexity index is 920. The first-order valence-corrected chi connectivity index (χ1v) is 8.62. The van der Waals surface area contributed by atoms with Gasteiger partial charge in [0, 0.05) is 16.0 Å². The number of halogens is 4. The van der Waals surface area contributed by atoms with Gasteiger partial charge in [-0.2, -0.15) is 13.2 Å². The molecule has 3 rings (SSSR count). The Hall–Kier alpha value is -2.48. The molecule has 8 heteroatoms. The van der Waals surface area contributed by atoms with E-state index < -0.39 is 17.9 Å². The molecule has 0 bridgehead atoms. The molecule has 0 spiro atoms. The van der Waals surface area contributed by atoms with Crippen molar-refractivity contribution in [3.05, 3.63) is 54.2 Å². The standard InChI is InChI=1S/C18H13F4NO2S/c1-24-14-8-5-11(9-13(14)19)16-15(23-17(25-16)18(20,21)22)10-3-6-12(26-2)7-4-10/h3-9H,1-2H3. The lowest BCUT2D eigenvalue weighted by atomic mass is 10.1. The maximum absolute atomic E-state index is 14.0. The van der Waals surface area contributed by atoms with Crippen molar-refractivity contribution in [2.24, 2.45) is 0 Å². The number of ether oxygens (including phenoxy) is 1. The maximum atomic E-state index is 14.0. The maximum Gasteiger partial charge on any atom is 0.468 e. The van der Waals surface area contributed by atoms with Crippen LogP contribution in [0.15, 0.2) is 51.8 Å². The SMILES string of the molecule is COc1ccc(-c2oc(C(F)(F)F)nc2-c2ccc(SC)cc2)cc1F. The second kappa shape index (κ2) is 7.03. The van der Waals surface area contributed by atoms with Gasteiger partial charge in [-0.3, -0.25) is 0 Å². The first-order chi connectivity index (χ1) is 12.3. The molecule has 26 heavy (non-hydrogen) atoms. The Kier molecular flexibility index (Phi) is 4.95. The molecule has 0 amide bonds. The van der Waals surface area contributed by atoms with Gasteiger partial charge in [-0.15, -0.1) is 11.8 Å². The number of hydrogen-bond acceptors (Lipinski definition) is 4. The Morgan fingerprint density at radius 2 is 1.69 bits per heavy atom. The number of hydrogen-bond donors (Lipinski definition) is 0. The molecule has 1 heterocycles. The summed E-state index contributed by atoms with van der Waals surface area (Å²) in [6.45, 7) is 0. The van der Waals surface area contributed by atoms with E-state index in [9.17, 15) is 17.6 Å². The number of thioether (sulfide) groups is 1. The highest BCUT2D eigenvalue weighted by Gasteiger charge is 2.39. The van der Waals surface area contributed by atoms with Crippen LogP contribution in [0, 0.1) is 5.82 Å². The van der Waals surface area contributed by atoms with E-state index >= 15 is 0 Å². The van der Waals surface area contributed by atoms with Crippen LogP contribution in [0.5, 0.6) is 5.75 Å². The first-order valence-electron chi connectivity index (χ1n) is 7.40. The molecule has 0 radical (unpaired) electrons. The highest BCUT2D eigenvalue weighted by molar-refractivity contribution is 7.98. The Labute approximate surface area is 151 Å². The van der Waals surface area contributed by atoms with Crippen molar-refractivity contribution in [2.45, 2.75) is 11.1 Å². The van der Waals surface area contributed by atoms with Crippen molar-refractivity contribution in [1.82, 2.24) is 4.98 Å². The van der Waals surface area contributed by atoms with Gasteiger partial charge in [0.15, 0.2) is 17.3 Å². The third-order valence-corrected chi connectivity index (χ3v) is 4.39. The second-order valence-corrected chi connectivity index (χ2v) is 6.15. The summed E-state index contributed by atoms with van der Waals surface area (Å²) < 4.78 is 63.0. The van der Waals surface area contributed by atoms with E-state index in [-0.39, 0.29) is 22.8 Å². The first kappa shape index (κ1) is 18.3. The average Bonchev–Trinajstić information content (AvgIpc) is 3.07. The number of aromatic nitrogens is 1. The van der Waals surface area contributed by atoms with Gasteiger partial charge in [0.25, 0.3) is 0 Å². The smallest absolute Gasteiger partial charge is 0.468 e. The van der Waals surface area contributed by atoms with E-state index in [4.69, 9.17) is 9.15 Å². The van der Waals surface area contributed by atoms with Crippen LogP contribution >= 0.6 is 11.8 Å². The third-order valence-electron chi connectivity index (χ3n) is 3.65. The van der Waals surface area contributed by atoms with Gasteiger partial charge >= 0.3 is 12.1 Å².